The van der Waals surface area contributed by atoms with Crippen LogP contribution in [0.5, 0.6) is 0 Å². The number of rotatable bonds is 7. The van der Waals surface area contributed by atoms with Crippen molar-refractivity contribution in [3.63, 3.8) is 0 Å². The summed E-state index contributed by atoms with van der Waals surface area (Å²) in [5.74, 6) is 4.32. The molecule has 5 aliphatic rings. The van der Waals surface area contributed by atoms with Crippen LogP contribution in [0.4, 0.5) is 0 Å². The Labute approximate surface area is 239 Å². The summed E-state index contributed by atoms with van der Waals surface area (Å²) in [5, 5.41) is 0. The number of ether oxygens (including phenoxy) is 3. The van der Waals surface area contributed by atoms with Crippen molar-refractivity contribution in [3.8, 4) is 0 Å². The summed E-state index contributed by atoms with van der Waals surface area (Å²) in [6.07, 6.45) is 16.7. The normalized spacial score (nSPS) is 41.7. The van der Waals surface area contributed by atoms with Gasteiger partial charge < -0.3 is 14.2 Å². The largest absolute Gasteiger partial charge is 0.461 e. The van der Waals surface area contributed by atoms with E-state index in [-0.39, 0.29) is 17.5 Å². The van der Waals surface area contributed by atoms with Crippen molar-refractivity contribution < 1.29 is 19.0 Å². The van der Waals surface area contributed by atoms with E-state index in [2.05, 4.69) is 40.7 Å². The average molecular weight is 543 g/mol. The van der Waals surface area contributed by atoms with Crippen molar-refractivity contribution in [2.45, 2.75) is 138 Å². The van der Waals surface area contributed by atoms with E-state index in [1.807, 2.05) is 20.8 Å². The zero-order chi connectivity index (χ0) is 28.2. The first-order chi connectivity index (χ1) is 18.3. The summed E-state index contributed by atoms with van der Waals surface area (Å²) in [6.45, 7) is 19.0. The van der Waals surface area contributed by atoms with Gasteiger partial charge in [0.05, 0.1) is 13.2 Å². The molecule has 1 heterocycles. The molecule has 3 saturated carbocycles. The first kappa shape index (κ1) is 29.6. The lowest BCUT2D eigenvalue weighted by molar-refractivity contribution is -0.282. The van der Waals surface area contributed by atoms with Crippen LogP contribution >= 0.6 is 0 Å². The van der Waals surface area contributed by atoms with Gasteiger partial charge in [0.1, 0.15) is 11.5 Å². The first-order valence-electron chi connectivity index (χ1n) is 16.5. The van der Waals surface area contributed by atoms with Gasteiger partial charge in [-0.25, -0.2) is 0 Å². The molecule has 4 nitrogen and oxygen atoms in total. The fourth-order valence-electron chi connectivity index (χ4n) is 9.91. The molecule has 39 heavy (non-hydrogen) atoms. The van der Waals surface area contributed by atoms with Gasteiger partial charge in [-0.15, -0.1) is 0 Å². The quantitative estimate of drug-likeness (QED) is 0.238. The summed E-state index contributed by atoms with van der Waals surface area (Å²) < 4.78 is 17.8. The number of carbonyl (C=O) groups excluding carboxylic acids is 1. The molecule has 0 N–H and O–H groups in total. The van der Waals surface area contributed by atoms with Gasteiger partial charge in [0.25, 0.3) is 0 Å². The SMILES string of the molecule is CC(C)CCC[C@@H](C)[C@H]1CCC2C3CC=C4C[C@H](OC(=O)C5(C)COC(C)(C)OC5)CC[C@]4(C)C3CC[C@@]21C. The van der Waals surface area contributed by atoms with Gasteiger partial charge in [-0.1, -0.05) is 65.5 Å². The monoisotopic (exact) mass is 542 g/mol. The Hall–Kier alpha value is -0.870. The fraction of sp³-hybridized carbons (Fsp3) is 0.914. The van der Waals surface area contributed by atoms with Gasteiger partial charge in [0.2, 0.25) is 0 Å². The van der Waals surface area contributed by atoms with Crippen molar-refractivity contribution in [1.29, 1.82) is 0 Å². The molecule has 1 aliphatic heterocycles. The van der Waals surface area contributed by atoms with Crippen molar-refractivity contribution in [2.75, 3.05) is 13.2 Å². The van der Waals surface area contributed by atoms with Gasteiger partial charge >= 0.3 is 5.97 Å². The van der Waals surface area contributed by atoms with E-state index < -0.39 is 11.2 Å². The minimum absolute atomic E-state index is 0.0171. The third kappa shape index (κ3) is 5.52. The second kappa shape index (κ2) is 10.8. The lowest BCUT2D eigenvalue weighted by Gasteiger charge is -2.58. The van der Waals surface area contributed by atoms with E-state index in [0.717, 1.165) is 54.8 Å². The van der Waals surface area contributed by atoms with Crippen LogP contribution in [-0.2, 0) is 19.0 Å². The highest BCUT2D eigenvalue weighted by Gasteiger charge is 2.59. The predicted molar refractivity (Wildman–Crippen MR) is 157 cm³/mol. The maximum atomic E-state index is 13.2. The fourth-order valence-corrected chi connectivity index (χ4v) is 9.91. The van der Waals surface area contributed by atoms with E-state index in [1.54, 1.807) is 5.57 Å². The molecule has 0 amide bonds. The van der Waals surface area contributed by atoms with Crippen molar-refractivity contribution in [2.24, 2.45) is 51.8 Å². The van der Waals surface area contributed by atoms with Crippen LogP contribution in [0.3, 0.4) is 0 Å². The number of carbonyl (C=O) groups is 1. The smallest absolute Gasteiger partial charge is 0.316 e. The van der Waals surface area contributed by atoms with Gasteiger partial charge in [0, 0.05) is 6.42 Å². The zero-order valence-corrected chi connectivity index (χ0v) is 26.4. The number of allylic oxidation sites excluding steroid dienone is 1. The Morgan fingerprint density at radius 1 is 0.949 bits per heavy atom. The van der Waals surface area contributed by atoms with Gasteiger partial charge in [-0.2, -0.15) is 0 Å². The predicted octanol–water partition coefficient (Wildman–Crippen LogP) is 8.73. The topological polar surface area (TPSA) is 44.8 Å². The highest BCUT2D eigenvalue weighted by molar-refractivity contribution is 5.77. The second-order valence-electron chi connectivity index (χ2n) is 16.1. The lowest BCUT2D eigenvalue weighted by atomic mass is 9.47. The Morgan fingerprint density at radius 3 is 2.36 bits per heavy atom. The summed E-state index contributed by atoms with van der Waals surface area (Å²) >= 11 is 0. The maximum absolute atomic E-state index is 13.2. The Morgan fingerprint density at radius 2 is 1.67 bits per heavy atom. The minimum Gasteiger partial charge on any atom is -0.461 e. The van der Waals surface area contributed by atoms with Crippen molar-refractivity contribution in [1.82, 2.24) is 0 Å². The Balaban J connectivity index is 1.22. The lowest BCUT2D eigenvalue weighted by Crippen LogP contribution is -2.52. The average Bonchev–Trinajstić information content (AvgIpc) is 3.23. The van der Waals surface area contributed by atoms with Crippen molar-refractivity contribution >= 4 is 5.97 Å². The Bertz CT molecular complexity index is 925. The maximum Gasteiger partial charge on any atom is 0.316 e. The standard InChI is InChI=1S/C35H58O4/c1-23(2)10-9-11-24(3)28-14-15-29-27-13-12-25-20-26(16-18-34(25,7)30(27)17-19-35(28,29)8)39-31(36)33(6)21-37-32(4,5)38-22-33/h12,23-24,26-30H,9-11,13-22H2,1-8H3/t24-,26-,27?,28-,29?,30?,34+,35-/m1/s1. The van der Waals surface area contributed by atoms with Crippen LogP contribution in [-0.4, -0.2) is 31.1 Å². The molecule has 0 aromatic heterocycles. The molecule has 5 rings (SSSR count). The third-order valence-corrected chi connectivity index (χ3v) is 12.5. The summed E-state index contributed by atoms with van der Waals surface area (Å²) in [6, 6.07) is 0. The molecule has 0 bridgehead atoms. The molecule has 3 unspecified atom stereocenters. The van der Waals surface area contributed by atoms with Crippen LogP contribution in [0.2, 0.25) is 0 Å². The molecular formula is C35H58O4. The number of fused-ring (bicyclic) bond motifs is 5. The summed E-state index contributed by atoms with van der Waals surface area (Å²) in [7, 11) is 0. The third-order valence-electron chi connectivity index (χ3n) is 12.5. The first-order valence-corrected chi connectivity index (χ1v) is 16.5. The second-order valence-corrected chi connectivity index (χ2v) is 16.1. The van der Waals surface area contributed by atoms with E-state index in [1.165, 1.54) is 51.4 Å². The van der Waals surface area contributed by atoms with Crippen LogP contribution in [0.15, 0.2) is 11.6 Å². The molecular weight excluding hydrogens is 484 g/mol. The van der Waals surface area contributed by atoms with Crippen LogP contribution in [0.25, 0.3) is 0 Å². The van der Waals surface area contributed by atoms with E-state index >= 15 is 0 Å². The van der Waals surface area contributed by atoms with Crippen LogP contribution in [0.1, 0.15) is 126 Å². The number of esters is 1. The van der Waals surface area contributed by atoms with E-state index in [9.17, 15) is 4.79 Å². The summed E-state index contributed by atoms with van der Waals surface area (Å²) in [5.41, 5.74) is 1.66. The molecule has 4 aliphatic carbocycles. The van der Waals surface area contributed by atoms with Gasteiger partial charge in [0.15, 0.2) is 5.79 Å². The highest BCUT2D eigenvalue weighted by Crippen LogP contribution is 2.67. The van der Waals surface area contributed by atoms with Gasteiger partial charge in [-0.3, -0.25) is 4.79 Å². The molecule has 1 saturated heterocycles. The molecule has 4 fully saturated rings. The van der Waals surface area contributed by atoms with E-state index in [0.29, 0.717) is 18.6 Å². The zero-order valence-electron chi connectivity index (χ0n) is 26.4. The Kier molecular flexibility index (Phi) is 8.17. The van der Waals surface area contributed by atoms with Gasteiger partial charge in [-0.05, 0) is 112 Å². The molecule has 0 aromatic carbocycles. The molecule has 8 atom stereocenters. The van der Waals surface area contributed by atoms with E-state index in [4.69, 9.17) is 14.2 Å². The number of hydrogen-bond acceptors (Lipinski definition) is 4. The highest BCUT2D eigenvalue weighted by atomic mass is 16.7. The molecule has 4 heteroatoms. The number of hydrogen-bond donors (Lipinski definition) is 0. The molecule has 0 radical (unpaired) electrons. The van der Waals surface area contributed by atoms with Crippen LogP contribution < -0.4 is 0 Å². The van der Waals surface area contributed by atoms with Crippen LogP contribution in [0, 0.1) is 51.8 Å². The molecule has 0 aromatic rings. The summed E-state index contributed by atoms with van der Waals surface area (Å²) in [4.78, 5) is 13.2. The molecule has 222 valence electrons. The molecule has 0 spiro atoms. The minimum atomic E-state index is -0.721. The van der Waals surface area contributed by atoms with Crippen molar-refractivity contribution in [3.05, 3.63) is 11.6 Å².